The minimum Gasteiger partial charge on any atom is -0.368 e. The molecule has 0 amide bonds. The molecule has 21 heavy (non-hydrogen) atoms. The molecule has 0 atom stereocenters. The summed E-state index contributed by atoms with van der Waals surface area (Å²) in [5.74, 6) is 1.06. The largest absolute Gasteiger partial charge is 0.368 e. The molecule has 1 aromatic carbocycles. The number of hydrogen-bond acceptors (Lipinski definition) is 3. The first-order chi connectivity index (χ1) is 10.1. The molecule has 1 aromatic heterocycles. The number of halogens is 2. The summed E-state index contributed by atoms with van der Waals surface area (Å²) in [6.07, 6.45) is 1.89. The van der Waals surface area contributed by atoms with Crippen LogP contribution >= 0.6 is 27.5 Å². The number of aryl methyl sites for hydroxylation is 1. The van der Waals surface area contributed by atoms with E-state index in [-0.39, 0.29) is 0 Å². The number of piperazine rings is 1. The highest BCUT2D eigenvalue weighted by Gasteiger charge is 2.18. The lowest BCUT2D eigenvalue weighted by molar-refractivity contribution is 0.647. The topological polar surface area (TPSA) is 19.4 Å². The summed E-state index contributed by atoms with van der Waals surface area (Å²) in [4.78, 5) is 9.24. The maximum atomic E-state index is 5.94. The SMILES string of the molecule is Cc1cc(N2CCN(c3ccc(Cl)cc3)CC2)ncc1Br. The van der Waals surface area contributed by atoms with Crippen molar-refractivity contribution in [1.29, 1.82) is 0 Å². The van der Waals surface area contributed by atoms with Crippen LogP contribution in [0.25, 0.3) is 0 Å². The van der Waals surface area contributed by atoms with Gasteiger partial charge in [0.1, 0.15) is 5.82 Å². The highest BCUT2D eigenvalue weighted by molar-refractivity contribution is 9.10. The van der Waals surface area contributed by atoms with Crippen LogP contribution in [0.4, 0.5) is 11.5 Å². The van der Waals surface area contributed by atoms with E-state index >= 15 is 0 Å². The molecule has 5 heteroatoms. The van der Waals surface area contributed by atoms with Gasteiger partial charge in [-0.05, 0) is 58.7 Å². The van der Waals surface area contributed by atoms with E-state index < -0.39 is 0 Å². The Morgan fingerprint density at radius 2 is 1.67 bits per heavy atom. The number of anilines is 2. The summed E-state index contributed by atoms with van der Waals surface area (Å²) in [7, 11) is 0. The summed E-state index contributed by atoms with van der Waals surface area (Å²) in [5.41, 5.74) is 2.46. The second-order valence-corrected chi connectivity index (χ2v) is 6.53. The number of pyridine rings is 1. The molecule has 0 saturated carbocycles. The zero-order chi connectivity index (χ0) is 14.8. The molecular weight excluding hydrogens is 350 g/mol. The summed E-state index contributed by atoms with van der Waals surface area (Å²) < 4.78 is 1.06. The molecule has 0 radical (unpaired) electrons. The van der Waals surface area contributed by atoms with Crippen molar-refractivity contribution in [2.75, 3.05) is 36.0 Å². The average Bonchev–Trinajstić information content (AvgIpc) is 2.51. The molecule has 0 N–H and O–H groups in total. The second kappa shape index (κ2) is 6.24. The van der Waals surface area contributed by atoms with Crippen molar-refractivity contribution in [3.63, 3.8) is 0 Å². The van der Waals surface area contributed by atoms with Crippen LogP contribution in [0.5, 0.6) is 0 Å². The van der Waals surface area contributed by atoms with Crippen molar-refractivity contribution in [3.05, 3.63) is 51.6 Å². The summed E-state index contributed by atoms with van der Waals surface area (Å²) in [6, 6.07) is 10.2. The van der Waals surface area contributed by atoms with Crippen LogP contribution in [0.3, 0.4) is 0 Å². The van der Waals surface area contributed by atoms with Crippen molar-refractivity contribution in [2.24, 2.45) is 0 Å². The van der Waals surface area contributed by atoms with E-state index in [9.17, 15) is 0 Å². The molecule has 0 unspecified atom stereocenters. The van der Waals surface area contributed by atoms with Crippen LogP contribution < -0.4 is 9.80 Å². The van der Waals surface area contributed by atoms with Gasteiger partial charge in [0.15, 0.2) is 0 Å². The number of nitrogens with zero attached hydrogens (tertiary/aromatic N) is 3. The molecular formula is C16H17BrClN3. The van der Waals surface area contributed by atoms with Gasteiger partial charge in [-0.3, -0.25) is 0 Å². The summed E-state index contributed by atoms with van der Waals surface area (Å²) >= 11 is 9.44. The van der Waals surface area contributed by atoms with E-state index in [1.54, 1.807) is 0 Å². The van der Waals surface area contributed by atoms with Gasteiger partial charge in [-0.25, -0.2) is 4.98 Å². The highest BCUT2D eigenvalue weighted by Crippen LogP contribution is 2.23. The van der Waals surface area contributed by atoms with Crippen LogP contribution in [-0.2, 0) is 0 Å². The quantitative estimate of drug-likeness (QED) is 0.796. The monoisotopic (exact) mass is 365 g/mol. The Morgan fingerprint density at radius 1 is 1.05 bits per heavy atom. The molecule has 0 spiro atoms. The molecule has 3 nitrogen and oxygen atoms in total. The predicted octanol–water partition coefficient (Wildman–Crippen LogP) is 4.13. The molecule has 1 aliphatic heterocycles. The fraction of sp³-hybridized carbons (Fsp3) is 0.312. The third-order valence-electron chi connectivity index (χ3n) is 3.83. The molecule has 0 aliphatic carbocycles. The third-order valence-corrected chi connectivity index (χ3v) is 4.91. The van der Waals surface area contributed by atoms with Crippen molar-refractivity contribution < 1.29 is 0 Å². The smallest absolute Gasteiger partial charge is 0.128 e. The maximum absolute atomic E-state index is 5.94. The van der Waals surface area contributed by atoms with Gasteiger partial charge in [-0.15, -0.1) is 0 Å². The van der Waals surface area contributed by atoms with Crippen LogP contribution in [0, 0.1) is 6.92 Å². The molecule has 110 valence electrons. The lowest BCUT2D eigenvalue weighted by atomic mass is 10.2. The average molecular weight is 367 g/mol. The van der Waals surface area contributed by atoms with Crippen molar-refractivity contribution in [1.82, 2.24) is 4.98 Å². The Hall–Kier alpha value is -1.26. The first kappa shape index (κ1) is 14.7. The van der Waals surface area contributed by atoms with Crippen molar-refractivity contribution in [2.45, 2.75) is 6.92 Å². The Labute approximate surface area is 138 Å². The first-order valence-corrected chi connectivity index (χ1v) is 8.18. The van der Waals surface area contributed by atoms with Gasteiger partial charge in [-0.1, -0.05) is 11.6 Å². The maximum Gasteiger partial charge on any atom is 0.128 e. The van der Waals surface area contributed by atoms with Gasteiger partial charge in [0.05, 0.1) is 0 Å². The van der Waals surface area contributed by atoms with E-state index in [2.05, 4.69) is 55.8 Å². The number of hydrogen-bond donors (Lipinski definition) is 0. The Balaban J connectivity index is 1.67. The van der Waals surface area contributed by atoms with Gasteiger partial charge in [0, 0.05) is 47.6 Å². The molecule has 3 rings (SSSR count). The van der Waals surface area contributed by atoms with E-state index in [1.165, 1.54) is 11.3 Å². The van der Waals surface area contributed by atoms with Crippen LogP contribution in [-0.4, -0.2) is 31.2 Å². The van der Waals surface area contributed by atoms with E-state index in [0.29, 0.717) is 0 Å². The second-order valence-electron chi connectivity index (χ2n) is 5.24. The standard InChI is InChI=1S/C16H17BrClN3/c1-12-10-16(19-11-15(12)17)21-8-6-20(7-9-21)14-4-2-13(18)3-5-14/h2-5,10-11H,6-9H2,1H3. The highest BCUT2D eigenvalue weighted by atomic mass is 79.9. The zero-order valence-electron chi connectivity index (χ0n) is 11.9. The van der Waals surface area contributed by atoms with Gasteiger partial charge in [-0.2, -0.15) is 0 Å². The van der Waals surface area contributed by atoms with Crippen molar-refractivity contribution >= 4 is 39.0 Å². The normalized spacial score (nSPS) is 15.4. The number of aromatic nitrogens is 1. The van der Waals surface area contributed by atoms with Crippen molar-refractivity contribution in [3.8, 4) is 0 Å². The van der Waals surface area contributed by atoms with E-state index in [0.717, 1.165) is 41.5 Å². The Kier molecular flexibility index (Phi) is 4.36. The fourth-order valence-electron chi connectivity index (χ4n) is 2.54. The minimum atomic E-state index is 0.784. The van der Waals surface area contributed by atoms with Gasteiger partial charge < -0.3 is 9.80 Å². The molecule has 0 bridgehead atoms. The summed E-state index contributed by atoms with van der Waals surface area (Å²) in [5, 5.41) is 0.784. The van der Waals surface area contributed by atoms with Gasteiger partial charge in [0.2, 0.25) is 0 Å². The van der Waals surface area contributed by atoms with Crippen LogP contribution in [0.15, 0.2) is 41.0 Å². The van der Waals surface area contributed by atoms with E-state index in [1.807, 2.05) is 18.3 Å². The molecule has 2 heterocycles. The van der Waals surface area contributed by atoms with Gasteiger partial charge >= 0.3 is 0 Å². The predicted molar refractivity (Wildman–Crippen MR) is 92.6 cm³/mol. The number of benzene rings is 1. The zero-order valence-corrected chi connectivity index (χ0v) is 14.2. The first-order valence-electron chi connectivity index (χ1n) is 7.01. The molecule has 1 saturated heterocycles. The third kappa shape index (κ3) is 3.33. The lowest BCUT2D eigenvalue weighted by Crippen LogP contribution is -2.46. The molecule has 1 fully saturated rings. The minimum absolute atomic E-state index is 0.784. The molecule has 2 aromatic rings. The summed E-state index contributed by atoms with van der Waals surface area (Å²) in [6.45, 7) is 6.06. The Bertz CT molecular complexity index is 622. The molecule has 1 aliphatic rings. The van der Waals surface area contributed by atoms with Crippen LogP contribution in [0.2, 0.25) is 5.02 Å². The fourth-order valence-corrected chi connectivity index (χ4v) is 2.89. The number of rotatable bonds is 2. The van der Waals surface area contributed by atoms with Crippen LogP contribution in [0.1, 0.15) is 5.56 Å². The van der Waals surface area contributed by atoms with Gasteiger partial charge in [0.25, 0.3) is 0 Å². The van der Waals surface area contributed by atoms with E-state index in [4.69, 9.17) is 11.6 Å². The Morgan fingerprint density at radius 3 is 2.29 bits per heavy atom. The lowest BCUT2D eigenvalue weighted by Gasteiger charge is -2.36.